The van der Waals surface area contributed by atoms with E-state index in [1.807, 2.05) is 0 Å². The van der Waals surface area contributed by atoms with Crippen molar-refractivity contribution >= 4 is 18.0 Å². The lowest BCUT2D eigenvalue weighted by molar-refractivity contribution is -0.135. The molecule has 1 atom stereocenters. The van der Waals surface area contributed by atoms with Gasteiger partial charge in [-0.1, -0.05) is 44.9 Å². The number of carbonyl (C=O) groups is 3. The zero-order valence-corrected chi connectivity index (χ0v) is 22.2. The smallest absolute Gasteiger partial charge is 0.450 e. The number of nitrogens with one attached hydrogen (secondary N) is 2. The molecule has 0 aromatic rings. The van der Waals surface area contributed by atoms with Crippen LogP contribution in [0.2, 0.25) is 0 Å². The van der Waals surface area contributed by atoms with Crippen LogP contribution < -0.4 is 27.8 Å². The van der Waals surface area contributed by atoms with E-state index in [1.54, 1.807) is 4.90 Å². The van der Waals surface area contributed by atoms with Crippen LogP contribution in [0.4, 0.5) is 4.79 Å². The van der Waals surface area contributed by atoms with Gasteiger partial charge in [-0.05, 0) is 64.7 Å². The highest BCUT2D eigenvalue weighted by atomic mass is 16.7. The van der Waals surface area contributed by atoms with Gasteiger partial charge in [0.05, 0.1) is 19.1 Å². The molecule has 0 saturated heterocycles. The van der Waals surface area contributed by atoms with Crippen molar-refractivity contribution in [2.75, 3.05) is 52.4 Å². The second-order valence-corrected chi connectivity index (χ2v) is 9.23. The highest BCUT2D eigenvalue weighted by molar-refractivity contribution is 5.85. The normalized spacial score (nSPS) is 11.8. The lowest BCUT2D eigenvalue weighted by atomic mass is 10.1. The minimum atomic E-state index is -1.38. The number of amides is 2. The van der Waals surface area contributed by atoms with Gasteiger partial charge in [0.15, 0.2) is 0 Å². The molecule has 0 spiro atoms. The first kappa shape index (κ1) is 34.0. The molecule has 0 bridgehead atoms. The molecule has 0 saturated carbocycles. The van der Waals surface area contributed by atoms with E-state index in [-0.39, 0.29) is 31.5 Å². The van der Waals surface area contributed by atoms with Crippen LogP contribution in [0.5, 0.6) is 0 Å². The number of nitrogens with zero attached hydrogens (tertiary/aromatic N) is 1. The molecule has 0 aliphatic rings. The van der Waals surface area contributed by atoms with Crippen LogP contribution in [0.25, 0.3) is 0 Å². The first-order valence-electron chi connectivity index (χ1n) is 13.7. The third-order valence-corrected chi connectivity index (χ3v) is 5.93. The summed E-state index contributed by atoms with van der Waals surface area (Å²) in [5.74, 6) is -0.435. The van der Waals surface area contributed by atoms with Gasteiger partial charge in [-0.3, -0.25) is 9.59 Å². The molecule has 0 unspecified atom stereocenters. The lowest BCUT2D eigenvalue weighted by Crippen LogP contribution is -2.48. The van der Waals surface area contributed by atoms with Crippen molar-refractivity contribution in [2.45, 2.75) is 89.5 Å². The van der Waals surface area contributed by atoms with E-state index in [0.29, 0.717) is 26.1 Å². The van der Waals surface area contributed by atoms with Crippen molar-refractivity contribution in [3.8, 4) is 0 Å². The average molecular weight is 517 g/mol. The van der Waals surface area contributed by atoms with Gasteiger partial charge in [-0.15, -0.1) is 0 Å². The van der Waals surface area contributed by atoms with Crippen LogP contribution in [0, 0.1) is 0 Å². The van der Waals surface area contributed by atoms with Gasteiger partial charge in [0.2, 0.25) is 11.8 Å². The van der Waals surface area contributed by atoms with Crippen molar-refractivity contribution in [1.29, 1.82) is 0 Å². The predicted molar refractivity (Wildman–Crippen MR) is 143 cm³/mol. The zero-order chi connectivity index (χ0) is 26.9. The first-order valence-corrected chi connectivity index (χ1v) is 13.7. The van der Waals surface area contributed by atoms with Crippen molar-refractivity contribution < 1.29 is 24.2 Å². The van der Waals surface area contributed by atoms with E-state index >= 15 is 0 Å². The molecule has 0 aliphatic heterocycles. The molecule has 9 N–H and O–H groups in total. The molecule has 0 radical (unpaired) electrons. The summed E-state index contributed by atoms with van der Waals surface area (Å²) < 4.78 is 4.67. The van der Waals surface area contributed by atoms with Crippen LogP contribution in [0.3, 0.4) is 0 Å². The number of unbranched alkanes of at least 4 members (excludes halogenated alkanes) is 9. The van der Waals surface area contributed by atoms with Gasteiger partial charge < -0.3 is 42.6 Å². The van der Waals surface area contributed by atoms with E-state index in [1.165, 1.54) is 0 Å². The Labute approximate surface area is 217 Å². The highest BCUT2D eigenvalue weighted by Gasteiger charge is 2.20. The molecule has 0 aromatic heterocycles. The fourth-order valence-electron chi connectivity index (χ4n) is 3.85. The Balaban J connectivity index is 4.71. The van der Waals surface area contributed by atoms with E-state index < -0.39 is 12.2 Å². The standard InChI is InChI=1S/C25H52N6O5/c26-14-8-3-1-5-11-17-29-19-24(33)31(18-12-6-2-4-9-15-27)20-23(32)30-22(13-7-10-16-28)21-36-25(34)35/h22,29H,1-21,26-28H2,(H,30,32)(H,34,35)/t22-/m1/s1. The molecule has 0 rings (SSSR count). The van der Waals surface area contributed by atoms with E-state index in [9.17, 15) is 14.4 Å². The number of carboxylic acid groups (broad SMARTS) is 1. The maximum Gasteiger partial charge on any atom is 0.505 e. The van der Waals surface area contributed by atoms with Crippen LogP contribution in [-0.2, 0) is 14.3 Å². The second-order valence-electron chi connectivity index (χ2n) is 9.23. The van der Waals surface area contributed by atoms with Crippen LogP contribution >= 0.6 is 0 Å². The minimum absolute atomic E-state index is 0.0666. The number of rotatable bonds is 25. The van der Waals surface area contributed by atoms with Gasteiger partial charge in [-0.25, -0.2) is 4.79 Å². The van der Waals surface area contributed by atoms with Crippen molar-refractivity contribution in [2.24, 2.45) is 17.2 Å². The monoisotopic (exact) mass is 516 g/mol. The van der Waals surface area contributed by atoms with E-state index in [4.69, 9.17) is 22.3 Å². The Morgan fingerprint density at radius 2 is 1.33 bits per heavy atom. The summed E-state index contributed by atoms with van der Waals surface area (Å²) >= 11 is 0. The molecule has 11 heteroatoms. The summed E-state index contributed by atoms with van der Waals surface area (Å²) in [5, 5.41) is 14.8. The maximum atomic E-state index is 12.9. The van der Waals surface area contributed by atoms with Crippen LogP contribution in [-0.4, -0.2) is 86.4 Å². The summed E-state index contributed by atoms with van der Waals surface area (Å²) in [5.41, 5.74) is 16.6. The van der Waals surface area contributed by atoms with Gasteiger partial charge in [-0.2, -0.15) is 0 Å². The maximum absolute atomic E-state index is 12.9. The predicted octanol–water partition coefficient (Wildman–Crippen LogP) is 1.53. The molecule has 2 amide bonds. The zero-order valence-electron chi connectivity index (χ0n) is 22.2. The molecule has 0 heterocycles. The lowest BCUT2D eigenvalue weighted by Gasteiger charge is -2.24. The number of nitrogens with two attached hydrogens (primary N) is 3. The summed E-state index contributed by atoms with van der Waals surface area (Å²) in [6.45, 7) is 3.17. The third kappa shape index (κ3) is 21.3. The quantitative estimate of drug-likeness (QED) is 0.0772. The fourth-order valence-corrected chi connectivity index (χ4v) is 3.85. The molecular formula is C25H52N6O5. The van der Waals surface area contributed by atoms with Crippen LogP contribution in [0.15, 0.2) is 0 Å². The molecule has 0 fully saturated rings. The van der Waals surface area contributed by atoms with Crippen LogP contribution in [0.1, 0.15) is 83.5 Å². The first-order chi connectivity index (χ1) is 17.4. The van der Waals surface area contributed by atoms with Gasteiger partial charge in [0.1, 0.15) is 6.61 Å². The molecule has 212 valence electrons. The number of carbonyl (C=O) groups excluding carboxylic acids is 2. The number of hydrogen-bond acceptors (Lipinski definition) is 8. The molecule has 0 aliphatic carbocycles. The van der Waals surface area contributed by atoms with Gasteiger partial charge in [0.25, 0.3) is 0 Å². The summed E-state index contributed by atoms with van der Waals surface area (Å²) in [7, 11) is 0. The Morgan fingerprint density at radius 3 is 1.94 bits per heavy atom. The highest BCUT2D eigenvalue weighted by Crippen LogP contribution is 2.06. The SMILES string of the molecule is NCCCCCCCNCC(=O)N(CCCCCCCN)CC(=O)N[C@H](CCCCN)COC(=O)O. The molecule has 0 aromatic carbocycles. The summed E-state index contributed by atoms with van der Waals surface area (Å²) in [4.78, 5) is 38.0. The topological polar surface area (TPSA) is 186 Å². The molecular weight excluding hydrogens is 464 g/mol. The Morgan fingerprint density at radius 1 is 0.778 bits per heavy atom. The third-order valence-electron chi connectivity index (χ3n) is 5.93. The van der Waals surface area contributed by atoms with Crippen molar-refractivity contribution in [3.63, 3.8) is 0 Å². The van der Waals surface area contributed by atoms with E-state index in [0.717, 1.165) is 90.1 Å². The van der Waals surface area contributed by atoms with E-state index in [2.05, 4.69) is 15.4 Å². The minimum Gasteiger partial charge on any atom is -0.450 e. The van der Waals surface area contributed by atoms with Gasteiger partial charge >= 0.3 is 6.16 Å². The molecule has 36 heavy (non-hydrogen) atoms. The van der Waals surface area contributed by atoms with Gasteiger partial charge in [0, 0.05) is 6.54 Å². The molecule has 11 nitrogen and oxygen atoms in total. The Hall–Kier alpha value is -1.95. The number of hydrogen-bond donors (Lipinski definition) is 6. The summed E-state index contributed by atoms with van der Waals surface area (Å²) in [6, 6.07) is -0.453. The second kappa shape index (κ2) is 24.7. The summed E-state index contributed by atoms with van der Waals surface area (Å²) in [6.07, 6.45) is 11.0. The van der Waals surface area contributed by atoms with Crippen molar-refractivity contribution in [1.82, 2.24) is 15.5 Å². The largest absolute Gasteiger partial charge is 0.505 e. The fraction of sp³-hybridized carbons (Fsp3) is 0.880. The average Bonchev–Trinajstić information content (AvgIpc) is 2.85. The van der Waals surface area contributed by atoms with Crippen molar-refractivity contribution in [3.05, 3.63) is 0 Å². The Kier molecular flexibility index (Phi) is 23.4. The Bertz CT molecular complexity index is 567. The number of ether oxygens (including phenoxy) is 1.